The van der Waals surface area contributed by atoms with Gasteiger partial charge in [0, 0.05) is 5.56 Å². The summed E-state index contributed by atoms with van der Waals surface area (Å²) in [5, 5.41) is 10.2. The minimum absolute atomic E-state index is 0.0614. The van der Waals surface area contributed by atoms with E-state index < -0.39 is 11.9 Å². The summed E-state index contributed by atoms with van der Waals surface area (Å²) in [6, 6.07) is 9.65. The number of carbonyl (C=O) groups is 2. The lowest BCUT2D eigenvalue weighted by molar-refractivity contribution is 0.0520. The molecule has 0 saturated carbocycles. The Hall–Kier alpha value is -3.42. The van der Waals surface area contributed by atoms with Crippen molar-refractivity contribution in [3.8, 4) is 17.0 Å². The Bertz CT molecular complexity index is 854. The number of aromatic nitrogens is 3. The number of carbonyl (C=O) groups excluding carboxylic acids is 2. The van der Waals surface area contributed by atoms with E-state index in [2.05, 4.69) is 15.4 Å². The summed E-state index contributed by atoms with van der Waals surface area (Å²) in [7, 11) is 0. The van der Waals surface area contributed by atoms with Gasteiger partial charge in [0.15, 0.2) is 5.69 Å². The second-order valence-electron chi connectivity index (χ2n) is 4.64. The van der Waals surface area contributed by atoms with Crippen molar-refractivity contribution in [2.24, 2.45) is 0 Å². The van der Waals surface area contributed by atoms with Crippen molar-refractivity contribution in [1.82, 2.24) is 15.4 Å². The maximum Gasteiger partial charge on any atom is 0.379 e. The van der Waals surface area contributed by atoms with Gasteiger partial charge in [0.25, 0.3) is 0 Å². The van der Waals surface area contributed by atoms with Crippen molar-refractivity contribution in [3.05, 3.63) is 54.1 Å². The third kappa shape index (κ3) is 3.17. The molecule has 0 saturated heterocycles. The van der Waals surface area contributed by atoms with Crippen LogP contribution in [0.4, 0.5) is 0 Å². The van der Waals surface area contributed by atoms with E-state index in [0.29, 0.717) is 11.3 Å². The summed E-state index contributed by atoms with van der Waals surface area (Å²) in [6.07, 6.45) is 1.38. The van der Waals surface area contributed by atoms with E-state index in [0.717, 1.165) is 0 Å². The van der Waals surface area contributed by atoms with E-state index >= 15 is 0 Å². The van der Waals surface area contributed by atoms with Gasteiger partial charge in [-0.3, -0.25) is 0 Å². The monoisotopic (exact) mass is 327 g/mol. The topological polar surface area (TPSA) is 107 Å². The number of esters is 2. The second-order valence-corrected chi connectivity index (χ2v) is 4.64. The standard InChI is InChI=1S/C16H13N3O5/c1-2-22-16(21)14-13(17-19-18-14)10-5-3-6-11(9-10)24-15(20)12-7-4-8-23-12/h3-9H,2H2,1H3,(H,17,18,19). The van der Waals surface area contributed by atoms with Gasteiger partial charge in [-0.1, -0.05) is 12.1 Å². The number of hydrogen-bond donors (Lipinski definition) is 1. The molecule has 0 aliphatic heterocycles. The molecule has 8 heteroatoms. The molecule has 122 valence electrons. The number of rotatable bonds is 5. The lowest BCUT2D eigenvalue weighted by Crippen LogP contribution is -2.08. The van der Waals surface area contributed by atoms with Gasteiger partial charge in [-0.05, 0) is 31.2 Å². The van der Waals surface area contributed by atoms with Crippen LogP contribution in [0.1, 0.15) is 28.0 Å². The van der Waals surface area contributed by atoms with Crippen LogP contribution < -0.4 is 4.74 Å². The Labute approximate surface area is 136 Å². The van der Waals surface area contributed by atoms with Crippen molar-refractivity contribution in [2.75, 3.05) is 6.61 Å². The Morgan fingerprint density at radius 1 is 1.17 bits per heavy atom. The molecule has 0 aliphatic carbocycles. The number of furan rings is 1. The van der Waals surface area contributed by atoms with Crippen molar-refractivity contribution in [2.45, 2.75) is 6.92 Å². The fourth-order valence-electron chi connectivity index (χ4n) is 2.03. The number of ether oxygens (including phenoxy) is 2. The zero-order valence-corrected chi connectivity index (χ0v) is 12.7. The summed E-state index contributed by atoms with van der Waals surface area (Å²) in [4.78, 5) is 23.8. The Morgan fingerprint density at radius 3 is 2.79 bits per heavy atom. The molecule has 0 bridgehead atoms. The van der Waals surface area contributed by atoms with Crippen LogP contribution in [0, 0.1) is 0 Å². The van der Waals surface area contributed by atoms with Crippen LogP contribution in [0.25, 0.3) is 11.3 Å². The quantitative estimate of drug-likeness (QED) is 0.566. The van der Waals surface area contributed by atoms with Gasteiger partial charge in [0.2, 0.25) is 5.76 Å². The summed E-state index contributed by atoms with van der Waals surface area (Å²) in [6.45, 7) is 1.93. The Balaban J connectivity index is 1.85. The summed E-state index contributed by atoms with van der Waals surface area (Å²) >= 11 is 0. The van der Waals surface area contributed by atoms with Crippen LogP contribution in [0.15, 0.2) is 47.1 Å². The molecule has 0 atom stereocenters. The second kappa shape index (κ2) is 6.78. The predicted molar refractivity (Wildman–Crippen MR) is 81.4 cm³/mol. The van der Waals surface area contributed by atoms with Crippen molar-refractivity contribution < 1.29 is 23.5 Å². The smallest absolute Gasteiger partial charge is 0.379 e. The number of aromatic amines is 1. The minimum atomic E-state index is -0.622. The minimum Gasteiger partial charge on any atom is -0.461 e. The molecule has 0 unspecified atom stereocenters. The largest absolute Gasteiger partial charge is 0.461 e. The third-order valence-corrected chi connectivity index (χ3v) is 3.06. The first-order valence-corrected chi connectivity index (χ1v) is 7.13. The fraction of sp³-hybridized carbons (Fsp3) is 0.125. The number of H-pyrrole nitrogens is 1. The van der Waals surface area contributed by atoms with Crippen LogP contribution in [-0.4, -0.2) is 34.0 Å². The van der Waals surface area contributed by atoms with E-state index in [1.165, 1.54) is 12.3 Å². The summed E-state index contributed by atoms with van der Waals surface area (Å²) < 4.78 is 15.2. The van der Waals surface area contributed by atoms with Gasteiger partial charge in [-0.25, -0.2) is 9.59 Å². The molecule has 2 aromatic heterocycles. The number of nitrogens with zero attached hydrogens (tertiary/aromatic N) is 2. The van der Waals surface area contributed by atoms with Crippen molar-refractivity contribution >= 4 is 11.9 Å². The maximum atomic E-state index is 11.9. The molecule has 0 radical (unpaired) electrons. The highest BCUT2D eigenvalue weighted by atomic mass is 16.5. The molecule has 3 rings (SSSR count). The maximum absolute atomic E-state index is 11.9. The molecule has 0 aliphatic rings. The molecule has 1 aromatic carbocycles. The number of nitrogens with one attached hydrogen (secondary N) is 1. The van der Waals surface area contributed by atoms with Crippen LogP contribution in [0.2, 0.25) is 0 Å². The molecule has 0 spiro atoms. The van der Waals surface area contributed by atoms with Crippen LogP contribution >= 0.6 is 0 Å². The first-order chi connectivity index (χ1) is 11.7. The molecular formula is C16H13N3O5. The van der Waals surface area contributed by atoms with Gasteiger partial charge in [0.1, 0.15) is 11.4 Å². The highest BCUT2D eigenvalue weighted by molar-refractivity contribution is 5.94. The highest BCUT2D eigenvalue weighted by Crippen LogP contribution is 2.25. The SMILES string of the molecule is CCOC(=O)c1n[nH]nc1-c1cccc(OC(=O)c2ccco2)c1. The summed E-state index contributed by atoms with van der Waals surface area (Å²) in [5.41, 5.74) is 0.923. The first-order valence-electron chi connectivity index (χ1n) is 7.13. The Morgan fingerprint density at radius 2 is 2.04 bits per heavy atom. The van der Waals surface area contributed by atoms with Crippen LogP contribution in [-0.2, 0) is 4.74 Å². The van der Waals surface area contributed by atoms with Crippen molar-refractivity contribution in [1.29, 1.82) is 0 Å². The molecule has 1 N–H and O–H groups in total. The zero-order chi connectivity index (χ0) is 16.9. The lowest BCUT2D eigenvalue weighted by Gasteiger charge is -2.05. The lowest BCUT2D eigenvalue weighted by atomic mass is 10.1. The van der Waals surface area contributed by atoms with E-state index in [4.69, 9.17) is 13.9 Å². The molecule has 0 amide bonds. The molecular weight excluding hydrogens is 314 g/mol. The van der Waals surface area contributed by atoms with Gasteiger partial charge < -0.3 is 13.9 Å². The first kappa shape index (κ1) is 15.5. The molecule has 2 heterocycles. The van der Waals surface area contributed by atoms with Crippen LogP contribution in [0.5, 0.6) is 5.75 Å². The van der Waals surface area contributed by atoms with Gasteiger partial charge >= 0.3 is 11.9 Å². The normalized spacial score (nSPS) is 10.4. The highest BCUT2D eigenvalue weighted by Gasteiger charge is 2.20. The zero-order valence-electron chi connectivity index (χ0n) is 12.7. The van der Waals surface area contributed by atoms with E-state index in [9.17, 15) is 9.59 Å². The number of benzene rings is 1. The Kier molecular flexibility index (Phi) is 4.37. The average Bonchev–Trinajstić information content (AvgIpc) is 3.27. The predicted octanol–water partition coefficient (Wildman–Crippen LogP) is 2.46. The summed E-state index contributed by atoms with van der Waals surface area (Å²) in [5.74, 6) is -0.831. The third-order valence-electron chi connectivity index (χ3n) is 3.06. The van der Waals surface area contributed by atoms with Gasteiger partial charge in [-0.15, -0.1) is 5.10 Å². The average molecular weight is 327 g/mol. The molecule has 24 heavy (non-hydrogen) atoms. The van der Waals surface area contributed by atoms with Gasteiger partial charge in [-0.2, -0.15) is 10.3 Å². The van der Waals surface area contributed by atoms with Crippen LogP contribution in [0.3, 0.4) is 0 Å². The fourth-order valence-corrected chi connectivity index (χ4v) is 2.03. The van der Waals surface area contributed by atoms with E-state index in [-0.39, 0.29) is 23.8 Å². The molecule has 3 aromatic rings. The van der Waals surface area contributed by atoms with E-state index in [1.807, 2.05) is 0 Å². The number of hydrogen-bond acceptors (Lipinski definition) is 7. The van der Waals surface area contributed by atoms with E-state index in [1.54, 1.807) is 37.3 Å². The van der Waals surface area contributed by atoms with Crippen molar-refractivity contribution in [3.63, 3.8) is 0 Å². The van der Waals surface area contributed by atoms with Gasteiger partial charge in [0.05, 0.1) is 12.9 Å². The molecule has 0 fully saturated rings. The molecule has 8 nitrogen and oxygen atoms in total.